The number of halogens is 5. The van der Waals surface area contributed by atoms with Crippen molar-refractivity contribution in [2.75, 3.05) is 6.54 Å². The third-order valence-corrected chi connectivity index (χ3v) is 3.91. The normalized spacial score (nSPS) is 13.4. The van der Waals surface area contributed by atoms with E-state index in [0.717, 1.165) is 0 Å². The Morgan fingerprint density at radius 2 is 1.94 bits per heavy atom. The van der Waals surface area contributed by atoms with Crippen LogP contribution in [-0.4, -0.2) is 23.8 Å². The lowest BCUT2D eigenvalue weighted by atomic mass is 10.1. The van der Waals surface area contributed by atoms with E-state index < -0.39 is 24.7 Å². The second-order valence-corrected chi connectivity index (χ2v) is 5.15. The molecule has 0 aromatic heterocycles. The van der Waals surface area contributed by atoms with Crippen molar-refractivity contribution >= 4 is 37.8 Å². The molecule has 100 valence electrons. The fourth-order valence-corrected chi connectivity index (χ4v) is 1.90. The van der Waals surface area contributed by atoms with E-state index in [1.165, 1.54) is 12.1 Å². The average Bonchev–Trinajstić information content (AvgIpc) is 2.21. The number of carbonyl (C=O) groups is 1. The smallest absolute Gasteiger partial charge is 0.401 e. The van der Waals surface area contributed by atoms with Gasteiger partial charge in [0.25, 0.3) is 0 Å². The highest BCUT2D eigenvalue weighted by atomic mass is 79.9. The fourth-order valence-electron chi connectivity index (χ4n) is 1.26. The minimum Gasteiger partial charge on any atom is -0.480 e. The Morgan fingerprint density at radius 1 is 1.33 bits per heavy atom. The van der Waals surface area contributed by atoms with Gasteiger partial charge in [-0.25, -0.2) is 0 Å². The lowest BCUT2D eigenvalue weighted by Crippen LogP contribution is -2.36. The monoisotopic (exact) mass is 389 g/mol. The van der Waals surface area contributed by atoms with Crippen molar-refractivity contribution in [3.63, 3.8) is 0 Å². The Balaban J connectivity index is 2.91. The van der Waals surface area contributed by atoms with Gasteiger partial charge in [0.1, 0.15) is 6.04 Å². The molecule has 3 nitrogen and oxygen atoms in total. The van der Waals surface area contributed by atoms with Crippen molar-refractivity contribution in [2.24, 2.45) is 0 Å². The molecule has 1 unspecified atom stereocenters. The summed E-state index contributed by atoms with van der Waals surface area (Å²) < 4.78 is 37.5. The summed E-state index contributed by atoms with van der Waals surface area (Å²) in [5, 5.41) is 10.9. The van der Waals surface area contributed by atoms with Crippen molar-refractivity contribution in [1.29, 1.82) is 0 Å². The molecular weight excluding hydrogens is 383 g/mol. The maximum absolute atomic E-state index is 12.1. The van der Waals surface area contributed by atoms with Gasteiger partial charge in [-0.3, -0.25) is 10.1 Å². The number of aliphatic carboxylic acids is 1. The number of hydrogen-bond donors (Lipinski definition) is 2. The third-order valence-electron chi connectivity index (χ3n) is 2.03. The van der Waals surface area contributed by atoms with E-state index in [0.29, 0.717) is 8.95 Å². The molecule has 0 saturated heterocycles. The molecule has 18 heavy (non-hydrogen) atoms. The Morgan fingerprint density at radius 3 is 2.39 bits per heavy atom. The second-order valence-electron chi connectivity index (χ2n) is 3.44. The molecule has 0 amide bonds. The predicted octanol–water partition coefficient (Wildman–Crippen LogP) is 3.49. The number of alkyl halides is 3. The molecule has 0 aliphatic rings. The van der Waals surface area contributed by atoms with Crippen LogP contribution < -0.4 is 5.32 Å². The Labute approximate surface area is 118 Å². The number of hydrogen-bond acceptors (Lipinski definition) is 2. The lowest BCUT2D eigenvalue weighted by molar-refractivity contribution is -0.143. The van der Waals surface area contributed by atoms with Crippen molar-refractivity contribution in [3.8, 4) is 0 Å². The van der Waals surface area contributed by atoms with E-state index in [9.17, 15) is 18.0 Å². The van der Waals surface area contributed by atoms with E-state index in [1.807, 2.05) is 5.32 Å². The molecule has 8 heteroatoms. The van der Waals surface area contributed by atoms with E-state index in [-0.39, 0.29) is 5.56 Å². The molecule has 1 rings (SSSR count). The first kappa shape index (κ1) is 15.5. The van der Waals surface area contributed by atoms with Crippen LogP contribution in [0.25, 0.3) is 0 Å². The average molecular weight is 391 g/mol. The third kappa shape index (κ3) is 4.58. The summed E-state index contributed by atoms with van der Waals surface area (Å²) in [7, 11) is 0. The zero-order valence-corrected chi connectivity index (χ0v) is 11.9. The Kier molecular flexibility index (Phi) is 5.18. The van der Waals surface area contributed by atoms with Gasteiger partial charge in [0.2, 0.25) is 0 Å². The molecule has 1 aromatic rings. The van der Waals surface area contributed by atoms with Gasteiger partial charge in [-0.1, -0.05) is 6.07 Å². The molecular formula is C10H8Br2F3NO2. The summed E-state index contributed by atoms with van der Waals surface area (Å²) in [6.45, 7) is -1.36. The first-order valence-corrected chi connectivity index (χ1v) is 6.27. The van der Waals surface area contributed by atoms with Crippen molar-refractivity contribution in [3.05, 3.63) is 32.7 Å². The Bertz CT molecular complexity index is 451. The fraction of sp³-hybridized carbons (Fsp3) is 0.300. The van der Waals surface area contributed by atoms with Crippen LogP contribution in [0.2, 0.25) is 0 Å². The van der Waals surface area contributed by atoms with E-state index >= 15 is 0 Å². The highest BCUT2D eigenvalue weighted by Crippen LogP contribution is 2.27. The first-order chi connectivity index (χ1) is 8.20. The summed E-state index contributed by atoms with van der Waals surface area (Å²) in [5.41, 5.74) is 0.238. The van der Waals surface area contributed by atoms with Crippen molar-refractivity contribution in [1.82, 2.24) is 5.32 Å². The molecule has 0 aliphatic heterocycles. The molecule has 0 aliphatic carbocycles. The molecule has 0 fully saturated rings. The Hall–Kier alpha value is -0.600. The van der Waals surface area contributed by atoms with Crippen LogP contribution in [-0.2, 0) is 4.79 Å². The standard InChI is InChI=1S/C10H8Br2F3NO2/c11-6-2-1-5(3-7(6)12)8(9(17)18)16-4-10(13,14)15/h1-3,8,16H,4H2,(H,17,18). The molecule has 1 atom stereocenters. The summed E-state index contributed by atoms with van der Waals surface area (Å²) in [6, 6.07) is 3.05. The van der Waals surface area contributed by atoms with Gasteiger partial charge in [-0.2, -0.15) is 13.2 Å². The summed E-state index contributed by atoms with van der Waals surface area (Å²) in [6.07, 6.45) is -4.46. The molecule has 0 heterocycles. The van der Waals surface area contributed by atoms with Crippen LogP contribution in [0.1, 0.15) is 11.6 Å². The van der Waals surface area contributed by atoms with E-state index in [4.69, 9.17) is 5.11 Å². The van der Waals surface area contributed by atoms with E-state index in [2.05, 4.69) is 31.9 Å². The minimum atomic E-state index is -4.46. The number of carboxylic acid groups (broad SMARTS) is 1. The lowest BCUT2D eigenvalue weighted by Gasteiger charge is -2.16. The highest BCUT2D eigenvalue weighted by molar-refractivity contribution is 9.13. The molecule has 0 bridgehead atoms. The first-order valence-electron chi connectivity index (χ1n) is 4.68. The number of rotatable bonds is 4. The maximum Gasteiger partial charge on any atom is 0.401 e. The quantitative estimate of drug-likeness (QED) is 0.827. The van der Waals surface area contributed by atoms with Crippen LogP contribution in [0, 0.1) is 0 Å². The van der Waals surface area contributed by atoms with Crippen molar-refractivity contribution in [2.45, 2.75) is 12.2 Å². The largest absolute Gasteiger partial charge is 0.480 e. The second kappa shape index (κ2) is 6.03. The topological polar surface area (TPSA) is 49.3 Å². The van der Waals surface area contributed by atoms with Crippen molar-refractivity contribution < 1.29 is 23.1 Å². The van der Waals surface area contributed by atoms with Crippen LogP contribution in [0.5, 0.6) is 0 Å². The number of nitrogens with one attached hydrogen (secondary N) is 1. The SMILES string of the molecule is O=C(O)C(NCC(F)(F)F)c1ccc(Br)c(Br)c1. The van der Waals surface area contributed by atoms with Crippen LogP contribution >= 0.6 is 31.9 Å². The van der Waals surface area contributed by atoms with Gasteiger partial charge in [0.15, 0.2) is 0 Å². The highest BCUT2D eigenvalue weighted by Gasteiger charge is 2.30. The molecule has 0 radical (unpaired) electrons. The summed E-state index contributed by atoms with van der Waals surface area (Å²) >= 11 is 6.36. The molecule has 1 aromatic carbocycles. The van der Waals surface area contributed by atoms with Gasteiger partial charge >= 0.3 is 12.1 Å². The van der Waals surface area contributed by atoms with Crippen LogP contribution in [0.15, 0.2) is 27.1 Å². The van der Waals surface area contributed by atoms with Gasteiger partial charge in [0, 0.05) is 8.95 Å². The summed E-state index contributed by atoms with van der Waals surface area (Å²) in [5.74, 6) is -1.37. The summed E-state index contributed by atoms with van der Waals surface area (Å²) in [4.78, 5) is 11.0. The van der Waals surface area contributed by atoms with Crippen LogP contribution in [0.4, 0.5) is 13.2 Å². The zero-order chi connectivity index (χ0) is 13.9. The maximum atomic E-state index is 12.1. The van der Waals surface area contributed by atoms with Gasteiger partial charge < -0.3 is 5.11 Å². The van der Waals surface area contributed by atoms with Gasteiger partial charge in [-0.15, -0.1) is 0 Å². The molecule has 0 spiro atoms. The molecule has 0 saturated carbocycles. The van der Waals surface area contributed by atoms with Gasteiger partial charge in [0.05, 0.1) is 6.54 Å². The zero-order valence-electron chi connectivity index (χ0n) is 8.76. The van der Waals surface area contributed by atoms with Crippen LogP contribution in [0.3, 0.4) is 0 Å². The predicted molar refractivity (Wildman–Crippen MR) is 66.3 cm³/mol. The van der Waals surface area contributed by atoms with Gasteiger partial charge in [-0.05, 0) is 49.6 Å². The minimum absolute atomic E-state index is 0.238. The van der Waals surface area contributed by atoms with E-state index in [1.54, 1.807) is 6.07 Å². The molecule has 2 N–H and O–H groups in total. The number of carboxylic acids is 1. The number of benzene rings is 1.